The van der Waals surface area contributed by atoms with Crippen LogP contribution in [0.15, 0.2) is 103 Å². The van der Waals surface area contributed by atoms with Crippen LogP contribution in [0.3, 0.4) is 0 Å². The van der Waals surface area contributed by atoms with Gasteiger partial charge in [0.1, 0.15) is 0 Å². The Labute approximate surface area is 166 Å². The molecule has 4 aromatic rings. The van der Waals surface area contributed by atoms with Crippen LogP contribution >= 0.6 is 0 Å². The van der Waals surface area contributed by atoms with E-state index in [0.717, 1.165) is 35.8 Å². The van der Waals surface area contributed by atoms with E-state index in [0.29, 0.717) is 0 Å². The number of aldehydes is 1. The minimum absolute atomic E-state index is 0.755. The highest BCUT2D eigenvalue weighted by molar-refractivity contribution is 5.89. The number of rotatable bonds is 6. The molecular weight excluding hydrogens is 340 g/mol. The number of benzene rings is 4. The van der Waals surface area contributed by atoms with Crippen molar-refractivity contribution < 1.29 is 4.79 Å². The second-order valence-electron chi connectivity index (χ2n) is 7.03. The van der Waals surface area contributed by atoms with Crippen LogP contribution in [-0.2, 0) is 12.8 Å². The first kappa shape index (κ1) is 17.9. The van der Waals surface area contributed by atoms with Crippen molar-refractivity contribution in [1.82, 2.24) is 0 Å². The van der Waals surface area contributed by atoms with Crippen LogP contribution < -0.4 is 0 Å². The first-order valence-corrected chi connectivity index (χ1v) is 9.58. The molecular formula is C27H22O. The summed E-state index contributed by atoms with van der Waals surface area (Å²) in [5, 5.41) is 0. The number of carbonyl (C=O) groups excluding carboxylic acids is 1. The standard InChI is InChI=1S/C27H22O/c28-20-26-19-23(16-21-10-4-1-5-11-21)18-25(17-22-12-6-2-7-13-22)27(26)24-14-8-3-9-15-24/h1-15,18-20H,16-17H2. The predicted molar refractivity (Wildman–Crippen MR) is 116 cm³/mol. The van der Waals surface area contributed by atoms with Crippen molar-refractivity contribution in [2.24, 2.45) is 0 Å². The number of carbonyl (C=O) groups is 1. The Morgan fingerprint density at radius 1 is 0.571 bits per heavy atom. The zero-order valence-corrected chi connectivity index (χ0v) is 15.7. The molecule has 0 fully saturated rings. The van der Waals surface area contributed by atoms with E-state index in [1.165, 1.54) is 22.3 Å². The molecule has 0 radical (unpaired) electrons. The Hall–Kier alpha value is -3.45. The molecule has 0 heterocycles. The summed E-state index contributed by atoms with van der Waals surface area (Å²) in [5.41, 5.74) is 7.72. The summed E-state index contributed by atoms with van der Waals surface area (Å²) in [4.78, 5) is 12.0. The van der Waals surface area contributed by atoms with Crippen LogP contribution in [0.2, 0.25) is 0 Å². The van der Waals surface area contributed by atoms with Gasteiger partial charge in [0.2, 0.25) is 0 Å². The van der Waals surface area contributed by atoms with Crippen molar-refractivity contribution in [3.8, 4) is 11.1 Å². The maximum atomic E-state index is 12.0. The fraction of sp³-hybridized carbons (Fsp3) is 0.0741. The SMILES string of the molecule is O=Cc1cc(Cc2ccccc2)cc(Cc2ccccc2)c1-c1ccccc1. The molecule has 28 heavy (non-hydrogen) atoms. The summed E-state index contributed by atoms with van der Waals surface area (Å²) < 4.78 is 0. The van der Waals surface area contributed by atoms with E-state index in [4.69, 9.17) is 0 Å². The lowest BCUT2D eigenvalue weighted by atomic mass is 9.88. The molecule has 4 aromatic carbocycles. The molecule has 0 amide bonds. The van der Waals surface area contributed by atoms with Gasteiger partial charge in [-0.2, -0.15) is 0 Å². The van der Waals surface area contributed by atoms with Crippen molar-refractivity contribution in [3.63, 3.8) is 0 Å². The lowest BCUT2D eigenvalue weighted by Gasteiger charge is -2.16. The topological polar surface area (TPSA) is 17.1 Å². The molecule has 0 saturated carbocycles. The normalized spacial score (nSPS) is 10.6. The Kier molecular flexibility index (Phi) is 5.44. The number of hydrogen-bond donors (Lipinski definition) is 0. The number of hydrogen-bond acceptors (Lipinski definition) is 1. The Balaban J connectivity index is 1.83. The molecule has 1 heteroatoms. The third-order valence-electron chi connectivity index (χ3n) is 4.99. The van der Waals surface area contributed by atoms with E-state index in [-0.39, 0.29) is 0 Å². The Morgan fingerprint density at radius 3 is 1.68 bits per heavy atom. The second-order valence-corrected chi connectivity index (χ2v) is 7.03. The molecule has 0 atom stereocenters. The van der Waals surface area contributed by atoms with E-state index < -0.39 is 0 Å². The lowest BCUT2D eigenvalue weighted by molar-refractivity contribution is 0.112. The molecule has 0 spiro atoms. The average molecular weight is 362 g/mol. The molecule has 0 bridgehead atoms. The Morgan fingerprint density at radius 2 is 1.11 bits per heavy atom. The van der Waals surface area contributed by atoms with Crippen LogP contribution in [0.4, 0.5) is 0 Å². The molecule has 0 aliphatic rings. The quantitative estimate of drug-likeness (QED) is 0.365. The zero-order valence-electron chi connectivity index (χ0n) is 15.7. The van der Waals surface area contributed by atoms with E-state index in [9.17, 15) is 4.79 Å². The monoisotopic (exact) mass is 362 g/mol. The summed E-state index contributed by atoms with van der Waals surface area (Å²) in [7, 11) is 0. The highest BCUT2D eigenvalue weighted by Gasteiger charge is 2.13. The van der Waals surface area contributed by atoms with Gasteiger partial charge in [-0.15, -0.1) is 0 Å². The first-order valence-electron chi connectivity index (χ1n) is 9.58. The summed E-state index contributed by atoms with van der Waals surface area (Å²) in [6.07, 6.45) is 2.61. The van der Waals surface area contributed by atoms with Gasteiger partial charge in [-0.05, 0) is 52.3 Å². The summed E-state index contributed by atoms with van der Waals surface area (Å²) >= 11 is 0. The van der Waals surface area contributed by atoms with Crippen molar-refractivity contribution in [1.29, 1.82) is 0 Å². The lowest BCUT2D eigenvalue weighted by Crippen LogP contribution is -2.01. The first-order chi connectivity index (χ1) is 13.8. The van der Waals surface area contributed by atoms with Crippen molar-refractivity contribution in [3.05, 3.63) is 131 Å². The van der Waals surface area contributed by atoms with Crippen molar-refractivity contribution in [2.45, 2.75) is 12.8 Å². The average Bonchev–Trinajstić information content (AvgIpc) is 2.75. The third kappa shape index (κ3) is 4.10. The molecule has 0 aliphatic carbocycles. The van der Waals surface area contributed by atoms with Gasteiger partial charge >= 0.3 is 0 Å². The molecule has 0 aromatic heterocycles. The minimum Gasteiger partial charge on any atom is -0.298 e. The predicted octanol–water partition coefficient (Wildman–Crippen LogP) is 6.35. The smallest absolute Gasteiger partial charge is 0.150 e. The maximum absolute atomic E-state index is 12.0. The van der Waals surface area contributed by atoms with Gasteiger partial charge in [-0.3, -0.25) is 4.79 Å². The van der Waals surface area contributed by atoms with Gasteiger partial charge < -0.3 is 0 Å². The van der Waals surface area contributed by atoms with Crippen LogP contribution in [0.1, 0.15) is 32.6 Å². The van der Waals surface area contributed by atoms with Gasteiger partial charge in [-0.25, -0.2) is 0 Å². The Bertz CT molecular complexity index is 1050. The molecule has 136 valence electrons. The van der Waals surface area contributed by atoms with Gasteiger partial charge in [0.05, 0.1) is 0 Å². The minimum atomic E-state index is 0.755. The van der Waals surface area contributed by atoms with E-state index in [1.54, 1.807) is 0 Å². The van der Waals surface area contributed by atoms with Crippen LogP contribution in [0.25, 0.3) is 11.1 Å². The second kappa shape index (κ2) is 8.49. The molecule has 0 aliphatic heterocycles. The molecule has 1 nitrogen and oxygen atoms in total. The summed E-state index contributed by atoms with van der Waals surface area (Å²) in [6, 6.07) is 35.3. The highest BCUT2D eigenvalue weighted by atomic mass is 16.1. The van der Waals surface area contributed by atoms with Crippen LogP contribution in [-0.4, -0.2) is 6.29 Å². The van der Waals surface area contributed by atoms with Crippen LogP contribution in [0.5, 0.6) is 0 Å². The largest absolute Gasteiger partial charge is 0.298 e. The van der Waals surface area contributed by atoms with E-state index in [2.05, 4.69) is 66.7 Å². The summed E-state index contributed by atoms with van der Waals surface area (Å²) in [6.45, 7) is 0. The third-order valence-corrected chi connectivity index (χ3v) is 4.99. The summed E-state index contributed by atoms with van der Waals surface area (Å²) in [5.74, 6) is 0. The van der Waals surface area contributed by atoms with Gasteiger partial charge in [0.25, 0.3) is 0 Å². The molecule has 0 unspecified atom stereocenters. The van der Waals surface area contributed by atoms with E-state index >= 15 is 0 Å². The fourth-order valence-electron chi connectivity index (χ4n) is 3.73. The molecule has 0 saturated heterocycles. The van der Waals surface area contributed by atoms with Crippen molar-refractivity contribution >= 4 is 6.29 Å². The maximum Gasteiger partial charge on any atom is 0.150 e. The van der Waals surface area contributed by atoms with Crippen molar-refractivity contribution in [2.75, 3.05) is 0 Å². The molecule has 4 rings (SSSR count). The van der Waals surface area contributed by atoms with Gasteiger partial charge in [0, 0.05) is 5.56 Å². The van der Waals surface area contributed by atoms with E-state index in [1.807, 2.05) is 36.4 Å². The zero-order chi connectivity index (χ0) is 19.2. The highest BCUT2D eigenvalue weighted by Crippen LogP contribution is 2.31. The van der Waals surface area contributed by atoms with Crippen LogP contribution in [0, 0.1) is 0 Å². The van der Waals surface area contributed by atoms with Gasteiger partial charge in [-0.1, -0.05) is 97.1 Å². The fourth-order valence-corrected chi connectivity index (χ4v) is 3.73. The van der Waals surface area contributed by atoms with Gasteiger partial charge in [0.15, 0.2) is 6.29 Å². The molecule has 0 N–H and O–H groups in total.